The molecule has 3 N–H and O–H groups in total. The molecule has 0 aliphatic carbocycles. The van der Waals surface area contributed by atoms with Crippen molar-refractivity contribution in [2.75, 3.05) is 20.3 Å². The molecule has 2 aromatic rings. The van der Waals surface area contributed by atoms with Crippen molar-refractivity contribution in [1.82, 2.24) is 0 Å². The lowest BCUT2D eigenvalue weighted by atomic mass is 10.0. The molecule has 7 heteroatoms. The summed E-state index contributed by atoms with van der Waals surface area (Å²) in [5.74, 6) is -0.271. The van der Waals surface area contributed by atoms with Gasteiger partial charge in [-0.3, -0.25) is 4.79 Å². The quantitative estimate of drug-likeness (QED) is 0.523. The number of hydrogen-bond donors (Lipinski definition) is 3. The average molecular weight is 382 g/mol. The molecule has 26 heavy (non-hydrogen) atoms. The van der Waals surface area contributed by atoms with Crippen LogP contribution in [-0.4, -0.2) is 41.0 Å². The third-order valence-electron chi connectivity index (χ3n) is 2.99. The number of benzene rings is 2. The molecule has 1 unspecified atom stereocenters. The predicted molar refractivity (Wildman–Crippen MR) is 103 cm³/mol. The van der Waals surface area contributed by atoms with Gasteiger partial charge in [0.05, 0.1) is 0 Å². The second-order valence-corrected chi connectivity index (χ2v) is 5.63. The summed E-state index contributed by atoms with van der Waals surface area (Å²) in [7, 11) is -0.870. The van der Waals surface area contributed by atoms with Crippen LogP contribution in [0.1, 0.15) is 35.9 Å². The molecule has 144 valence electrons. The number of ether oxygens (including phenoxy) is 1. The number of rotatable bonds is 6. The Kier molecular flexibility index (Phi) is 14.6. The number of aliphatic hydroxyl groups excluding tert-OH is 1. The molecule has 0 aliphatic rings. The SMILES string of the molecule is CCOCC.COP(O)O.O=C(c1ccccc1)C(O)c1ccccc1. The Morgan fingerprint density at radius 1 is 0.962 bits per heavy atom. The Morgan fingerprint density at radius 2 is 1.38 bits per heavy atom. The maximum absolute atomic E-state index is 11.9. The largest absolute Gasteiger partial charge is 0.382 e. The van der Waals surface area contributed by atoms with Crippen molar-refractivity contribution < 1.29 is 28.9 Å². The molecular weight excluding hydrogens is 355 g/mol. The van der Waals surface area contributed by atoms with E-state index in [1.54, 1.807) is 48.5 Å². The van der Waals surface area contributed by atoms with Crippen LogP contribution in [0.4, 0.5) is 0 Å². The van der Waals surface area contributed by atoms with E-state index in [4.69, 9.17) is 14.5 Å². The van der Waals surface area contributed by atoms with Crippen LogP contribution in [0.25, 0.3) is 0 Å². The Hall–Kier alpha value is -1.66. The van der Waals surface area contributed by atoms with Crippen molar-refractivity contribution in [2.24, 2.45) is 0 Å². The second-order valence-electron chi connectivity index (χ2n) is 4.76. The van der Waals surface area contributed by atoms with Crippen molar-refractivity contribution in [2.45, 2.75) is 20.0 Å². The standard InChI is InChI=1S/C14H12O2.C4H10O.CH5O3P/c15-13(11-7-3-1-4-8-11)14(16)12-9-5-2-6-10-12;1-3-5-4-2;1-4-5(2)3/h1-10,13,15H;3-4H2,1-2H3;2-3H,1H3. The van der Waals surface area contributed by atoms with Gasteiger partial charge in [-0.25, -0.2) is 0 Å². The lowest BCUT2D eigenvalue weighted by Gasteiger charge is -2.09. The Bertz CT molecular complexity index is 575. The molecule has 0 saturated carbocycles. The number of hydrogen-bond acceptors (Lipinski definition) is 6. The van der Waals surface area contributed by atoms with Crippen LogP contribution < -0.4 is 0 Å². The lowest BCUT2D eigenvalue weighted by molar-refractivity contribution is 0.0747. The smallest absolute Gasteiger partial charge is 0.326 e. The highest BCUT2D eigenvalue weighted by atomic mass is 31.2. The van der Waals surface area contributed by atoms with Crippen LogP contribution in [0, 0.1) is 0 Å². The first-order valence-electron chi connectivity index (χ1n) is 8.09. The van der Waals surface area contributed by atoms with Gasteiger partial charge >= 0.3 is 8.60 Å². The summed E-state index contributed by atoms with van der Waals surface area (Å²) >= 11 is 0. The zero-order chi connectivity index (χ0) is 19.8. The zero-order valence-electron chi connectivity index (χ0n) is 15.3. The van der Waals surface area contributed by atoms with E-state index in [0.717, 1.165) is 13.2 Å². The lowest BCUT2D eigenvalue weighted by Crippen LogP contribution is -2.11. The second kappa shape index (κ2) is 15.6. The number of carbonyl (C=O) groups excluding carboxylic acids is 1. The average Bonchev–Trinajstić information content (AvgIpc) is 2.69. The Balaban J connectivity index is 0.000000520. The highest BCUT2D eigenvalue weighted by molar-refractivity contribution is 7.39. The minimum Gasteiger partial charge on any atom is -0.382 e. The maximum atomic E-state index is 11.9. The van der Waals surface area contributed by atoms with Gasteiger partial charge in [-0.05, 0) is 19.4 Å². The molecule has 0 heterocycles. The van der Waals surface area contributed by atoms with Crippen molar-refractivity contribution in [3.63, 3.8) is 0 Å². The van der Waals surface area contributed by atoms with Gasteiger partial charge in [0.25, 0.3) is 0 Å². The molecule has 0 amide bonds. The topological polar surface area (TPSA) is 96.2 Å². The summed E-state index contributed by atoms with van der Waals surface area (Å²) in [6.07, 6.45) is -1.08. The Labute approximate surface area is 156 Å². The fraction of sp³-hybridized carbons (Fsp3) is 0.316. The van der Waals surface area contributed by atoms with Gasteiger partial charge in [-0.1, -0.05) is 60.7 Å². The molecule has 0 fully saturated rings. The number of Topliss-reactive ketones (excluding diaryl/α,β-unsaturated/α-hetero) is 1. The van der Waals surface area contributed by atoms with Crippen LogP contribution >= 0.6 is 8.60 Å². The summed E-state index contributed by atoms with van der Waals surface area (Å²) in [4.78, 5) is 27.4. The van der Waals surface area contributed by atoms with Crippen LogP contribution in [0.3, 0.4) is 0 Å². The molecular formula is C19H27O6P. The van der Waals surface area contributed by atoms with Gasteiger partial charge in [-0.15, -0.1) is 0 Å². The van der Waals surface area contributed by atoms with Crippen molar-refractivity contribution >= 4 is 14.4 Å². The van der Waals surface area contributed by atoms with E-state index in [2.05, 4.69) is 4.52 Å². The summed E-state index contributed by atoms with van der Waals surface area (Å²) < 4.78 is 8.76. The summed E-state index contributed by atoms with van der Waals surface area (Å²) in [5.41, 5.74) is 1.15. The van der Waals surface area contributed by atoms with E-state index >= 15 is 0 Å². The van der Waals surface area contributed by atoms with E-state index in [1.165, 1.54) is 7.11 Å². The maximum Gasteiger partial charge on any atom is 0.326 e. The fourth-order valence-corrected chi connectivity index (χ4v) is 1.75. The van der Waals surface area contributed by atoms with E-state index in [9.17, 15) is 9.90 Å². The van der Waals surface area contributed by atoms with Gasteiger partial charge in [0, 0.05) is 25.9 Å². The molecule has 0 radical (unpaired) electrons. The van der Waals surface area contributed by atoms with Crippen LogP contribution in [0.5, 0.6) is 0 Å². The molecule has 0 saturated heterocycles. The summed E-state index contributed by atoms with van der Waals surface area (Å²) in [6.45, 7) is 5.67. The third-order valence-corrected chi connectivity index (χ3v) is 3.32. The van der Waals surface area contributed by atoms with Gasteiger partial charge in [-0.2, -0.15) is 0 Å². The molecule has 0 bridgehead atoms. The molecule has 2 rings (SSSR count). The first-order chi connectivity index (χ1) is 12.5. The zero-order valence-corrected chi connectivity index (χ0v) is 16.2. The van der Waals surface area contributed by atoms with E-state index in [0.29, 0.717) is 11.1 Å². The van der Waals surface area contributed by atoms with E-state index in [1.807, 2.05) is 26.0 Å². The van der Waals surface area contributed by atoms with Gasteiger partial charge in [0.2, 0.25) is 0 Å². The summed E-state index contributed by atoms with van der Waals surface area (Å²) in [6, 6.07) is 17.7. The number of ketones is 1. The predicted octanol–water partition coefficient (Wildman–Crippen LogP) is 3.49. The van der Waals surface area contributed by atoms with Crippen molar-refractivity contribution in [1.29, 1.82) is 0 Å². The monoisotopic (exact) mass is 382 g/mol. The first-order valence-corrected chi connectivity index (χ1v) is 9.26. The van der Waals surface area contributed by atoms with E-state index in [-0.39, 0.29) is 5.78 Å². The molecule has 0 aromatic heterocycles. The van der Waals surface area contributed by atoms with Crippen molar-refractivity contribution in [3.05, 3.63) is 71.8 Å². The molecule has 0 aliphatic heterocycles. The van der Waals surface area contributed by atoms with Crippen molar-refractivity contribution in [3.8, 4) is 0 Å². The van der Waals surface area contributed by atoms with Crippen LogP contribution in [0.2, 0.25) is 0 Å². The highest BCUT2D eigenvalue weighted by Gasteiger charge is 2.18. The third kappa shape index (κ3) is 11.1. The van der Waals surface area contributed by atoms with Gasteiger partial charge in [0.15, 0.2) is 5.78 Å². The molecule has 2 aromatic carbocycles. The number of carbonyl (C=O) groups is 1. The normalized spacial score (nSPS) is 10.9. The number of aliphatic hydroxyl groups is 1. The van der Waals surface area contributed by atoms with E-state index < -0.39 is 14.7 Å². The van der Waals surface area contributed by atoms with Crippen LogP contribution in [0.15, 0.2) is 60.7 Å². The highest BCUT2D eigenvalue weighted by Crippen LogP contribution is 2.21. The minimum atomic E-state index is -2.10. The molecule has 1 atom stereocenters. The van der Waals surface area contributed by atoms with Crippen LogP contribution in [-0.2, 0) is 9.26 Å². The minimum absolute atomic E-state index is 0.271. The fourth-order valence-electron chi connectivity index (χ4n) is 1.75. The first kappa shape index (κ1) is 24.3. The Morgan fingerprint density at radius 3 is 1.73 bits per heavy atom. The summed E-state index contributed by atoms with van der Waals surface area (Å²) in [5, 5.41) is 9.89. The van der Waals surface area contributed by atoms with Gasteiger partial charge in [0.1, 0.15) is 6.10 Å². The van der Waals surface area contributed by atoms with Gasteiger partial charge < -0.3 is 24.2 Å². The molecule has 0 spiro atoms. The molecule has 6 nitrogen and oxygen atoms in total.